The van der Waals surface area contributed by atoms with Gasteiger partial charge in [0.1, 0.15) is 0 Å². The second-order valence-corrected chi connectivity index (χ2v) is 7.75. The number of hydrogen-bond acceptors (Lipinski definition) is 3. The predicted molar refractivity (Wildman–Crippen MR) is 131 cm³/mol. The first-order valence-electron chi connectivity index (χ1n) is 10.8. The summed E-state index contributed by atoms with van der Waals surface area (Å²) in [7, 11) is 1.81. The summed E-state index contributed by atoms with van der Waals surface area (Å²) >= 11 is 0. The number of carbonyl (C=O) groups is 1. The van der Waals surface area contributed by atoms with E-state index in [9.17, 15) is 4.79 Å². The minimum Gasteiger partial charge on any atom is -0.363 e. The second-order valence-electron chi connectivity index (χ2n) is 7.75. The zero-order valence-corrected chi connectivity index (χ0v) is 19.6. The summed E-state index contributed by atoms with van der Waals surface area (Å²) < 4.78 is 0. The highest BCUT2D eigenvalue weighted by Crippen LogP contribution is 2.26. The van der Waals surface area contributed by atoms with Gasteiger partial charge in [0.25, 0.3) is 0 Å². The van der Waals surface area contributed by atoms with Crippen LogP contribution in [-0.2, 0) is 4.79 Å². The standard InChI is InChI=1S/C17H25NO.C10H13N/c1-5-15-8-6-7-9-16(15)10-11-17(12-14(4)19)18-13(2)3;1-8-4-6-10(7-5-8)9(2)11-3/h8-9,12,18H,2,5-7,10-11H2,1,3-4H3;4-7H,1-3H3/b17-12-;. The Morgan fingerprint density at radius 3 is 2.20 bits per heavy atom. The fraction of sp³-hybridized carbons (Fsp3) is 0.407. The van der Waals surface area contributed by atoms with E-state index in [4.69, 9.17) is 0 Å². The number of allylic oxidation sites excluding steroid dienone is 7. The Balaban J connectivity index is 0.000000346. The van der Waals surface area contributed by atoms with Crippen molar-refractivity contribution < 1.29 is 4.79 Å². The van der Waals surface area contributed by atoms with Crippen molar-refractivity contribution in [1.82, 2.24) is 5.32 Å². The van der Waals surface area contributed by atoms with E-state index in [1.807, 2.05) is 20.9 Å². The number of aryl methyl sites for hydroxylation is 1. The first-order chi connectivity index (χ1) is 14.3. The molecule has 0 saturated carbocycles. The second kappa shape index (κ2) is 13.5. The molecule has 30 heavy (non-hydrogen) atoms. The highest BCUT2D eigenvalue weighted by Gasteiger charge is 2.08. The van der Waals surface area contributed by atoms with Crippen molar-refractivity contribution in [3.63, 3.8) is 0 Å². The van der Waals surface area contributed by atoms with Gasteiger partial charge >= 0.3 is 0 Å². The molecule has 1 aliphatic rings. The van der Waals surface area contributed by atoms with E-state index in [0.717, 1.165) is 49.2 Å². The highest BCUT2D eigenvalue weighted by atomic mass is 16.1. The van der Waals surface area contributed by atoms with E-state index in [-0.39, 0.29) is 5.78 Å². The quantitative estimate of drug-likeness (QED) is 0.379. The van der Waals surface area contributed by atoms with E-state index in [1.165, 1.54) is 22.3 Å². The summed E-state index contributed by atoms with van der Waals surface area (Å²) in [4.78, 5) is 15.3. The van der Waals surface area contributed by atoms with Gasteiger partial charge in [-0.3, -0.25) is 9.79 Å². The molecule has 2 rings (SSSR count). The van der Waals surface area contributed by atoms with Crippen LogP contribution < -0.4 is 5.32 Å². The molecule has 3 nitrogen and oxygen atoms in total. The van der Waals surface area contributed by atoms with Crippen LogP contribution in [0.25, 0.3) is 0 Å². The number of hydrogen-bond donors (Lipinski definition) is 1. The van der Waals surface area contributed by atoms with Crippen molar-refractivity contribution in [2.45, 2.75) is 66.7 Å². The molecule has 3 heteroatoms. The zero-order valence-electron chi connectivity index (χ0n) is 19.6. The molecule has 0 heterocycles. The number of rotatable bonds is 8. The van der Waals surface area contributed by atoms with Crippen LogP contribution in [0, 0.1) is 6.92 Å². The average Bonchev–Trinajstić information content (AvgIpc) is 2.72. The maximum absolute atomic E-state index is 11.2. The van der Waals surface area contributed by atoms with Crippen molar-refractivity contribution in [3.05, 3.63) is 82.7 Å². The van der Waals surface area contributed by atoms with Crippen molar-refractivity contribution >= 4 is 11.5 Å². The van der Waals surface area contributed by atoms with Crippen LogP contribution in [0.2, 0.25) is 0 Å². The minimum atomic E-state index is 0.0765. The Bertz CT molecular complexity index is 836. The summed E-state index contributed by atoms with van der Waals surface area (Å²) in [6, 6.07) is 8.39. The monoisotopic (exact) mass is 406 g/mol. The van der Waals surface area contributed by atoms with Crippen LogP contribution in [0.4, 0.5) is 0 Å². The van der Waals surface area contributed by atoms with Crippen LogP contribution in [0.3, 0.4) is 0 Å². The number of ketones is 1. The molecule has 0 atom stereocenters. The van der Waals surface area contributed by atoms with Gasteiger partial charge in [0.05, 0.1) is 0 Å². The minimum absolute atomic E-state index is 0.0765. The lowest BCUT2D eigenvalue weighted by Gasteiger charge is -2.17. The third-order valence-electron chi connectivity index (χ3n) is 4.96. The lowest BCUT2D eigenvalue weighted by Crippen LogP contribution is -2.12. The van der Waals surface area contributed by atoms with Gasteiger partial charge < -0.3 is 5.32 Å². The van der Waals surface area contributed by atoms with Gasteiger partial charge in [-0.05, 0) is 76.5 Å². The van der Waals surface area contributed by atoms with Gasteiger partial charge in [0.2, 0.25) is 0 Å². The smallest absolute Gasteiger partial charge is 0.154 e. The van der Waals surface area contributed by atoms with Crippen molar-refractivity contribution in [3.8, 4) is 0 Å². The summed E-state index contributed by atoms with van der Waals surface area (Å²) in [6.45, 7) is 13.6. The fourth-order valence-corrected chi connectivity index (χ4v) is 3.29. The van der Waals surface area contributed by atoms with Crippen LogP contribution in [0.15, 0.2) is 76.6 Å². The molecule has 1 aromatic rings. The molecule has 1 aromatic carbocycles. The van der Waals surface area contributed by atoms with Crippen LogP contribution in [0.5, 0.6) is 0 Å². The molecule has 0 aliphatic heterocycles. The topological polar surface area (TPSA) is 41.5 Å². The molecule has 0 fully saturated rings. The first kappa shape index (κ1) is 25.4. The van der Waals surface area contributed by atoms with Crippen LogP contribution in [-0.4, -0.2) is 18.5 Å². The lowest BCUT2D eigenvalue weighted by molar-refractivity contribution is -0.112. The van der Waals surface area contributed by atoms with Gasteiger partial charge in [0.15, 0.2) is 5.78 Å². The third kappa shape index (κ3) is 9.69. The SMILES string of the molecule is C=C(C)N/C(=C\C(C)=O)CCC1=CCCC=C1CC.CN=C(C)c1ccc(C)cc1. The number of nitrogens with zero attached hydrogens (tertiary/aromatic N) is 1. The maximum atomic E-state index is 11.2. The van der Waals surface area contributed by atoms with Crippen molar-refractivity contribution in [2.75, 3.05) is 7.05 Å². The summed E-state index contributed by atoms with van der Waals surface area (Å²) in [5, 5.41) is 3.18. The van der Waals surface area contributed by atoms with E-state index in [2.05, 4.69) is 67.2 Å². The molecule has 1 N–H and O–H groups in total. The van der Waals surface area contributed by atoms with Gasteiger partial charge in [-0.15, -0.1) is 0 Å². The summed E-state index contributed by atoms with van der Waals surface area (Å²) in [5.74, 6) is 0.0765. The average molecular weight is 407 g/mol. The van der Waals surface area contributed by atoms with Crippen LogP contribution in [0.1, 0.15) is 70.9 Å². The van der Waals surface area contributed by atoms with E-state index in [0.29, 0.717) is 0 Å². The van der Waals surface area contributed by atoms with E-state index >= 15 is 0 Å². The Morgan fingerprint density at radius 1 is 1.10 bits per heavy atom. The van der Waals surface area contributed by atoms with Gasteiger partial charge in [-0.2, -0.15) is 0 Å². The largest absolute Gasteiger partial charge is 0.363 e. The van der Waals surface area contributed by atoms with E-state index in [1.54, 1.807) is 13.0 Å². The predicted octanol–water partition coefficient (Wildman–Crippen LogP) is 6.85. The van der Waals surface area contributed by atoms with Gasteiger partial charge in [0, 0.05) is 30.2 Å². The number of aliphatic imine (C=N–C) groups is 1. The zero-order chi connectivity index (χ0) is 22.5. The molecule has 0 radical (unpaired) electrons. The Kier molecular flexibility index (Phi) is 11.4. The lowest BCUT2D eigenvalue weighted by atomic mass is 9.92. The number of carbonyl (C=O) groups excluding carboxylic acids is 1. The van der Waals surface area contributed by atoms with Crippen molar-refractivity contribution in [1.29, 1.82) is 0 Å². The molecule has 0 saturated heterocycles. The Labute approximate surface area is 183 Å². The van der Waals surface area contributed by atoms with Gasteiger partial charge in [-0.1, -0.05) is 55.5 Å². The molecular formula is C27H38N2O. The molecule has 0 unspecified atom stereocenters. The number of nitrogens with one attached hydrogen (secondary N) is 1. The van der Waals surface area contributed by atoms with Crippen molar-refractivity contribution in [2.24, 2.45) is 4.99 Å². The molecule has 0 spiro atoms. The third-order valence-corrected chi connectivity index (χ3v) is 4.96. The van der Waals surface area contributed by atoms with E-state index < -0.39 is 0 Å². The Morgan fingerprint density at radius 2 is 1.70 bits per heavy atom. The summed E-state index contributed by atoms with van der Waals surface area (Å²) in [5.41, 5.74) is 8.31. The maximum Gasteiger partial charge on any atom is 0.154 e. The van der Waals surface area contributed by atoms with Crippen LogP contribution >= 0.6 is 0 Å². The normalized spacial score (nSPS) is 14.2. The fourth-order valence-electron chi connectivity index (χ4n) is 3.29. The number of benzene rings is 1. The molecule has 1 aliphatic carbocycles. The molecular weight excluding hydrogens is 368 g/mol. The molecule has 0 aromatic heterocycles. The molecule has 162 valence electrons. The molecule has 0 amide bonds. The highest BCUT2D eigenvalue weighted by molar-refractivity contribution is 5.98. The van der Waals surface area contributed by atoms with Gasteiger partial charge in [-0.25, -0.2) is 0 Å². The summed E-state index contributed by atoms with van der Waals surface area (Å²) in [6.07, 6.45) is 11.6. The molecule has 0 bridgehead atoms. The first-order valence-corrected chi connectivity index (χ1v) is 10.8. The Hall–Kier alpha value is -2.68.